The molecule has 0 bridgehead atoms. The molecule has 1 atom stereocenters. The highest BCUT2D eigenvalue weighted by Gasteiger charge is 2.52. The van der Waals surface area contributed by atoms with E-state index in [4.69, 9.17) is 15.2 Å². The summed E-state index contributed by atoms with van der Waals surface area (Å²) in [6.07, 6.45) is 1.98. The molecular formula is C27H32BrFN4O6. The fourth-order valence-electron chi connectivity index (χ4n) is 4.07. The molecule has 0 aliphatic heterocycles. The first kappa shape index (κ1) is 29.9. The normalized spacial score (nSPS) is 14.3. The number of amides is 4. The van der Waals surface area contributed by atoms with E-state index in [0.717, 1.165) is 5.56 Å². The van der Waals surface area contributed by atoms with Gasteiger partial charge in [-0.1, -0.05) is 18.6 Å². The van der Waals surface area contributed by atoms with Crippen LogP contribution < -0.4 is 26.4 Å². The number of carbonyl (C=O) groups excluding carboxylic acids is 4. The van der Waals surface area contributed by atoms with Crippen LogP contribution >= 0.6 is 15.9 Å². The molecule has 10 nitrogen and oxygen atoms in total. The van der Waals surface area contributed by atoms with E-state index < -0.39 is 35.3 Å². The number of nitrogens with one attached hydrogen (secondary N) is 3. The molecule has 12 heteroatoms. The maximum Gasteiger partial charge on any atom is 0.321 e. The molecule has 0 radical (unpaired) electrons. The third-order valence-electron chi connectivity index (χ3n) is 6.41. The maximum absolute atomic E-state index is 13.3. The van der Waals surface area contributed by atoms with Gasteiger partial charge in [0.2, 0.25) is 11.8 Å². The predicted octanol–water partition coefficient (Wildman–Crippen LogP) is 3.77. The minimum Gasteiger partial charge on any atom is -0.488 e. The Balaban J connectivity index is 1.63. The highest BCUT2D eigenvalue weighted by Crippen LogP contribution is 2.42. The molecule has 0 aromatic heterocycles. The van der Waals surface area contributed by atoms with Crippen molar-refractivity contribution in [2.24, 2.45) is 11.1 Å². The SMILES string of the molecule is CCOC(=O)C1(C(=O)N[C@@H](CCCNC(N)=O)C(=O)Nc2ccc(COc3ccc(F)cc3Br)cc2)CCC1. The number of hydrogen-bond donors (Lipinski definition) is 4. The molecule has 0 unspecified atom stereocenters. The molecule has 1 aliphatic rings. The third-order valence-corrected chi connectivity index (χ3v) is 7.03. The Bertz CT molecular complexity index is 1190. The zero-order chi connectivity index (χ0) is 28.4. The van der Waals surface area contributed by atoms with E-state index in [0.29, 0.717) is 41.6 Å². The maximum atomic E-state index is 13.3. The fraction of sp³-hybridized carbons (Fsp3) is 0.407. The van der Waals surface area contributed by atoms with Crippen LogP contribution in [-0.4, -0.2) is 43.0 Å². The molecule has 39 heavy (non-hydrogen) atoms. The second-order valence-corrected chi connectivity index (χ2v) is 10.0. The van der Waals surface area contributed by atoms with E-state index in [1.807, 2.05) is 0 Å². The first-order valence-electron chi connectivity index (χ1n) is 12.6. The van der Waals surface area contributed by atoms with Gasteiger partial charge in [-0.05, 0) is 84.4 Å². The van der Waals surface area contributed by atoms with Crippen molar-refractivity contribution in [3.05, 3.63) is 58.3 Å². The number of halogens is 2. The van der Waals surface area contributed by atoms with E-state index in [1.165, 1.54) is 18.2 Å². The molecule has 2 aromatic rings. The van der Waals surface area contributed by atoms with Gasteiger partial charge in [0, 0.05) is 12.2 Å². The van der Waals surface area contributed by atoms with Crippen molar-refractivity contribution in [2.45, 2.75) is 51.7 Å². The lowest BCUT2D eigenvalue weighted by Crippen LogP contribution is -2.56. The number of anilines is 1. The molecule has 1 saturated carbocycles. The van der Waals surface area contributed by atoms with Crippen LogP contribution in [0, 0.1) is 11.2 Å². The van der Waals surface area contributed by atoms with Crippen molar-refractivity contribution in [1.29, 1.82) is 0 Å². The molecule has 210 valence electrons. The van der Waals surface area contributed by atoms with Crippen LogP contribution in [-0.2, 0) is 25.7 Å². The van der Waals surface area contributed by atoms with Crippen molar-refractivity contribution in [3.8, 4) is 5.75 Å². The molecule has 4 amide bonds. The molecular weight excluding hydrogens is 575 g/mol. The topological polar surface area (TPSA) is 149 Å². The Morgan fingerprint density at radius 1 is 1.13 bits per heavy atom. The Labute approximate surface area is 234 Å². The fourth-order valence-corrected chi connectivity index (χ4v) is 4.54. The van der Waals surface area contributed by atoms with Crippen LogP contribution in [0.1, 0.15) is 44.6 Å². The summed E-state index contributed by atoms with van der Waals surface area (Å²) in [4.78, 5) is 49.8. The lowest BCUT2D eigenvalue weighted by atomic mass is 9.68. The average Bonchev–Trinajstić information content (AvgIpc) is 2.85. The number of nitrogens with two attached hydrogens (primary N) is 1. The molecule has 2 aromatic carbocycles. The van der Waals surface area contributed by atoms with Gasteiger partial charge in [-0.25, -0.2) is 9.18 Å². The molecule has 5 N–H and O–H groups in total. The van der Waals surface area contributed by atoms with Crippen LogP contribution in [0.4, 0.5) is 14.9 Å². The number of carbonyl (C=O) groups is 4. The van der Waals surface area contributed by atoms with E-state index >= 15 is 0 Å². The van der Waals surface area contributed by atoms with Gasteiger partial charge in [0.15, 0.2) is 0 Å². The largest absolute Gasteiger partial charge is 0.488 e. The minimum absolute atomic E-state index is 0.152. The Kier molecular flexibility index (Phi) is 10.7. The van der Waals surface area contributed by atoms with Crippen molar-refractivity contribution < 1.29 is 33.0 Å². The van der Waals surface area contributed by atoms with Crippen LogP contribution in [0.25, 0.3) is 0 Å². The number of ether oxygens (including phenoxy) is 2. The van der Waals surface area contributed by atoms with Crippen molar-refractivity contribution in [1.82, 2.24) is 10.6 Å². The summed E-state index contributed by atoms with van der Waals surface area (Å²) in [5, 5.41) is 7.96. The number of esters is 1. The predicted molar refractivity (Wildman–Crippen MR) is 145 cm³/mol. The van der Waals surface area contributed by atoms with Crippen molar-refractivity contribution in [2.75, 3.05) is 18.5 Å². The summed E-state index contributed by atoms with van der Waals surface area (Å²) in [5.41, 5.74) is 5.11. The van der Waals surface area contributed by atoms with E-state index in [2.05, 4.69) is 31.9 Å². The van der Waals surface area contributed by atoms with Crippen LogP contribution in [0.5, 0.6) is 5.75 Å². The highest BCUT2D eigenvalue weighted by atomic mass is 79.9. The van der Waals surface area contributed by atoms with Gasteiger partial charge >= 0.3 is 12.0 Å². The minimum atomic E-state index is -1.29. The van der Waals surface area contributed by atoms with E-state index in [1.54, 1.807) is 31.2 Å². The van der Waals surface area contributed by atoms with Gasteiger partial charge < -0.3 is 31.2 Å². The van der Waals surface area contributed by atoms with Crippen molar-refractivity contribution >= 4 is 45.4 Å². The van der Waals surface area contributed by atoms with Gasteiger partial charge in [-0.3, -0.25) is 14.4 Å². The molecule has 0 spiro atoms. The third kappa shape index (κ3) is 8.16. The number of benzene rings is 2. The van der Waals surface area contributed by atoms with Gasteiger partial charge in [0.25, 0.3) is 0 Å². The highest BCUT2D eigenvalue weighted by molar-refractivity contribution is 9.10. The summed E-state index contributed by atoms with van der Waals surface area (Å²) in [6.45, 7) is 2.26. The summed E-state index contributed by atoms with van der Waals surface area (Å²) < 4.78 is 24.6. The average molecular weight is 607 g/mol. The standard InChI is InChI=1S/C27H32BrFN4O6/c1-2-38-25(36)27(12-4-13-27)24(35)33-21(5-3-14-31-26(30)37)23(34)32-19-9-6-17(7-10-19)16-39-22-11-8-18(29)15-20(22)28/h6-11,15,21H,2-5,12-14,16H2,1H3,(H,32,34)(H,33,35)(H3,30,31,37)/t21-/m0/s1. The van der Waals surface area contributed by atoms with E-state index in [9.17, 15) is 23.6 Å². The van der Waals surface area contributed by atoms with Crippen LogP contribution in [0.2, 0.25) is 0 Å². The zero-order valence-corrected chi connectivity index (χ0v) is 23.1. The van der Waals surface area contributed by atoms with Gasteiger partial charge in [0.1, 0.15) is 29.6 Å². The van der Waals surface area contributed by atoms with Crippen molar-refractivity contribution in [3.63, 3.8) is 0 Å². The summed E-state index contributed by atoms with van der Waals surface area (Å²) in [5.74, 6) is -1.50. The number of rotatable bonds is 13. The van der Waals surface area contributed by atoms with Gasteiger partial charge in [-0.15, -0.1) is 0 Å². The smallest absolute Gasteiger partial charge is 0.321 e. The lowest BCUT2D eigenvalue weighted by Gasteiger charge is -2.38. The molecule has 1 fully saturated rings. The summed E-state index contributed by atoms with van der Waals surface area (Å²) in [7, 11) is 0. The molecule has 0 saturated heterocycles. The monoisotopic (exact) mass is 606 g/mol. The molecule has 1 aliphatic carbocycles. The first-order chi connectivity index (χ1) is 18.6. The van der Waals surface area contributed by atoms with E-state index in [-0.39, 0.29) is 32.0 Å². The second-order valence-electron chi connectivity index (χ2n) is 9.17. The zero-order valence-electron chi connectivity index (χ0n) is 21.6. The first-order valence-corrected chi connectivity index (χ1v) is 13.4. The molecule has 0 heterocycles. The Morgan fingerprint density at radius 3 is 2.44 bits per heavy atom. The van der Waals surface area contributed by atoms with Gasteiger partial charge in [-0.2, -0.15) is 0 Å². The van der Waals surface area contributed by atoms with Gasteiger partial charge in [0.05, 0.1) is 11.1 Å². The Hall–Kier alpha value is -3.67. The Morgan fingerprint density at radius 2 is 1.85 bits per heavy atom. The second kappa shape index (κ2) is 13.9. The van der Waals surface area contributed by atoms with Crippen LogP contribution in [0.15, 0.2) is 46.9 Å². The van der Waals surface area contributed by atoms with Crippen LogP contribution in [0.3, 0.4) is 0 Å². The number of hydrogen-bond acceptors (Lipinski definition) is 6. The lowest BCUT2D eigenvalue weighted by molar-refractivity contribution is -0.167. The quantitative estimate of drug-likeness (QED) is 0.155. The summed E-state index contributed by atoms with van der Waals surface area (Å²) >= 11 is 3.26. The number of primary amides is 1. The number of urea groups is 1. The summed E-state index contributed by atoms with van der Waals surface area (Å²) in [6, 6.07) is 9.40. The molecule has 3 rings (SSSR count).